The SMILES string of the molecule is [2H]CCCCCC(=O)N[C@@H](Cc1c[nH]c2ccccc12)C(=O)OC. The molecule has 1 atom stereocenters. The number of hydrogen-bond donors (Lipinski definition) is 2. The van der Waals surface area contributed by atoms with Crippen LogP contribution in [-0.4, -0.2) is 30.0 Å². The van der Waals surface area contributed by atoms with Crippen molar-refractivity contribution in [2.45, 2.75) is 45.0 Å². The molecule has 2 N–H and O–H groups in total. The number of aromatic nitrogens is 1. The fourth-order valence-corrected chi connectivity index (χ4v) is 2.58. The Bertz CT molecular complexity index is 684. The van der Waals surface area contributed by atoms with Crippen molar-refractivity contribution in [3.63, 3.8) is 0 Å². The van der Waals surface area contributed by atoms with Crippen LogP contribution in [0.5, 0.6) is 0 Å². The summed E-state index contributed by atoms with van der Waals surface area (Å²) < 4.78 is 11.9. The van der Waals surface area contributed by atoms with Crippen LogP contribution in [0, 0.1) is 0 Å². The fourth-order valence-electron chi connectivity index (χ4n) is 2.58. The predicted molar refractivity (Wildman–Crippen MR) is 90.1 cm³/mol. The minimum Gasteiger partial charge on any atom is -0.467 e. The number of unbranched alkanes of at least 4 members (excludes halogenated alkanes) is 2. The number of nitrogens with one attached hydrogen (secondary N) is 2. The molecule has 1 aromatic carbocycles. The van der Waals surface area contributed by atoms with Crippen LogP contribution in [0.1, 0.15) is 39.5 Å². The second-order valence-corrected chi connectivity index (χ2v) is 5.52. The second kappa shape index (κ2) is 8.36. The van der Waals surface area contributed by atoms with Crippen molar-refractivity contribution in [2.24, 2.45) is 0 Å². The van der Waals surface area contributed by atoms with Gasteiger partial charge in [0.15, 0.2) is 0 Å². The number of H-pyrrole nitrogens is 1. The minimum atomic E-state index is -0.696. The van der Waals surface area contributed by atoms with Gasteiger partial charge >= 0.3 is 5.97 Å². The molecule has 5 heteroatoms. The van der Waals surface area contributed by atoms with Gasteiger partial charge in [-0.15, -0.1) is 0 Å². The van der Waals surface area contributed by atoms with Crippen LogP contribution in [0.4, 0.5) is 0 Å². The average Bonchev–Trinajstić information content (AvgIpc) is 3.00. The topological polar surface area (TPSA) is 71.2 Å². The number of esters is 1. The molecule has 0 unspecified atom stereocenters. The van der Waals surface area contributed by atoms with Crippen LogP contribution in [0.2, 0.25) is 0 Å². The molecule has 0 saturated carbocycles. The Kier molecular flexibility index (Phi) is 5.67. The van der Waals surface area contributed by atoms with Crippen molar-refractivity contribution in [1.82, 2.24) is 10.3 Å². The molecular weight excluding hydrogens is 292 g/mol. The number of fused-ring (bicyclic) bond motifs is 1. The minimum absolute atomic E-state index is 0.157. The maximum absolute atomic E-state index is 12.1. The number of hydrogen-bond acceptors (Lipinski definition) is 3. The van der Waals surface area contributed by atoms with Crippen molar-refractivity contribution in [3.05, 3.63) is 36.0 Å². The molecule has 0 spiro atoms. The van der Waals surface area contributed by atoms with Crippen LogP contribution in [-0.2, 0) is 20.7 Å². The van der Waals surface area contributed by atoms with E-state index in [0.29, 0.717) is 19.7 Å². The van der Waals surface area contributed by atoms with E-state index < -0.39 is 12.0 Å². The molecule has 0 radical (unpaired) electrons. The first-order chi connectivity index (χ1) is 11.7. The Balaban J connectivity index is 2.00. The van der Waals surface area contributed by atoms with E-state index in [1.165, 1.54) is 7.11 Å². The molecule has 0 saturated heterocycles. The smallest absolute Gasteiger partial charge is 0.328 e. The fraction of sp³-hybridized carbons (Fsp3) is 0.444. The number of aromatic amines is 1. The van der Waals surface area contributed by atoms with Crippen LogP contribution >= 0.6 is 0 Å². The molecule has 0 fully saturated rings. The van der Waals surface area contributed by atoms with Crippen molar-refractivity contribution in [1.29, 1.82) is 0 Å². The summed E-state index contributed by atoms with van der Waals surface area (Å²) in [6, 6.07) is 7.14. The normalized spacial score (nSPS) is 12.7. The molecule has 0 aliphatic carbocycles. The summed E-state index contributed by atoms with van der Waals surface area (Å²) in [7, 11) is 1.32. The average molecular weight is 317 g/mol. The van der Waals surface area contributed by atoms with E-state index in [1.54, 1.807) is 0 Å². The number of amides is 1. The van der Waals surface area contributed by atoms with Gasteiger partial charge in [0.05, 0.1) is 7.11 Å². The monoisotopic (exact) mass is 317 g/mol. The van der Waals surface area contributed by atoms with Gasteiger partial charge in [0, 0.05) is 31.3 Å². The number of ether oxygens (including phenoxy) is 1. The third-order valence-corrected chi connectivity index (χ3v) is 3.82. The molecule has 23 heavy (non-hydrogen) atoms. The lowest BCUT2D eigenvalue weighted by Gasteiger charge is -2.16. The molecule has 1 amide bonds. The molecular formula is C18H24N2O3. The number of methoxy groups -OCH3 is 1. The van der Waals surface area contributed by atoms with Crippen molar-refractivity contribution < 1.29 is 15.7 Å². The van der Waals surface area contributed by atoms with Gasteiger partial charge in [0.25, 0.3) is 0 Å². The van der Waals surface area contributed by atoms with Crippen molar-refractivity contribution in [2.75, 3.05) is 7.11 Å². The molecule has 1 aromatic heterocycles. The van der Waals surface area contributed by atoms with Crippen LogP contribution < -0.4 is 5.32 Å². The molecule has 0 aliphatic heterocycles. The standard InChI is InChI=1S/C18H24N2O3/c1-3-4-5-10-17(21)20-16(18(22)23-2)11-13-12-19-15-9-7-6-8-14(13)15/h6-9,12,16,19H,3-5,10-11H2,1-2H3,(H,20,21)/t16-/m0/s1/i1D. The van der Waals surface area contributed by atoms with E-state index >= 15 is 0 Å². The number of benzene rings is 1. The van der Waals surface area contributed by atoms with Gasteiger partial charge in [-0.1, -0.05) is 37.9 Å². The molecule has 0 bridgehead atoms. The van der Waals surface area contributed by atoms with Gasteiger partial charge in [-0.25, -0.2) is 4.79 Å². The van der Waals surface area contributed by atoms with Gasteiger partial charge in [-0.05, 0) is 18.1 Å². The summed E-state index contributed by atoms with van der Waals surface area (Å²) in [5.41, 5.74) is 1.97. The summed E-state index contributed by atoms with van der Waals surface area (Å²) in [5.74, 6) is -0.602. The predicted octanol–water partition coefficient (Wildman–Crippen LogP) is 2.95. The van der Waals surface area contributed by atoms with E-state index in [0.717, 1.165) is 35.7 Å². The number of rotatable bonds is 8. The van der Waals surface area contributed by atoms with Crippen LogP contribution in [0.3, 0.4) is 0 Å². The molecule has 5 nitrogen and oxygen atoms in total. The Hall–Kier alpha value is -2.30. The highest BCUT2D eigenvalue weighted by Gasteiger charge is 2.23. The van der Waals surface area contributed by atoms with Gasteiger partial charge in [-0.2, -0.15) is 0 Å². The van der Waals surface area contributed by atoms with Crippen molar-refractivity contribution >= 4 is 22.8 Å². The molecule has 1 heterocycles. The molecule has 2 aromatic rings. The zero-order valence-electron chi connectivity index (χ0n) is 14.4. The van der Waals surface area contributed by atoms with E-state index in [1.807, 2.05) is 30.5 Å². The first kappa shape index (κ1) is 15.6. The lowest BCUT2D eigenvalue weighted by molar-refractivity contribution is -0.145. The maximum Gasteiger partial charge on any atom is 0.328 e. The molecule has 124 valence electrons. The van der Waals surface area contributed by atoms with Crippen LogP contribution in [0.25, 0.3) is 10.9 Å². The molecule has 0 aliphatic rings. The second-order valence-electron chi connectivity index (χ2n) is 5.52. The quantitative estimate of drug-likeness (QED) is 0.581. The highest BCUT2D eigenvalue weighted by molar-refractivity contribution is 5.87. The molecule has 2 rings (SSSR count). The van der Waals surface area contributed by atoms with Gasteiger partial charge < -0.3 is 15.0 Å². The summed E-state index contributed by atoms with van der Waals surface area (Å²) >= 11 is 0. The van der Waals surface area contributed by atoms with E-state index in [4.69, 9.17) is 6.11 Å². The summed E-state index contributed by atoms with van der Waals surface area (Å²) in [5, 5.41) is 3.81. The van der Waals surface area contributed by atoms with E-state index in [2.05, 4.69) is 10.3 Å². The van der Waals surface area contributed by atoms with Crippen molar-refractivity contribution in [3.8, 4) is 0 Å². The number of carbonyl (C=O) groups excluding carboxylic acids is 2. The van der Waals surface area contributed by atoms with Gasteiger partial charge in [-0.3, -0.25) is 4.79 Å². The zero-order chi connectivity index (χ0) is 17.4. The summed E-state index contributed by atoms with van der Waals surface area (Å²) in [6.45, 7) is 0.382. The highest BCUT2D eigenvalue weighted by Crippen LogP contribution is 2.19. The lowest BCUT2D eigenvalue weighted by Crippen LogP contribution is -2.42. The Morgan fingerprint density at radius 3 is 2.96 bits per heavy atom. The summed E-state index contributed by atoms with van der Waals surface area (Å²) in [4.78, 5) is 27.2. The third kappa shape index (κ3) is 4.58. The lowest BCUT2D eigenvalue weighted by atomic mass is 10.0. The first-order valence-corrected chi connectivity index (χ1v) is 7.87. The Morgan fingerprint density at radius 1 is 1.35 bits per heavy atom. The number of carbonyl (C=O) groups is 2. The largest absolute Gasteiger partial charge is 0.467 e. The zero-order valence-corrected chi connectivity index (χ0v) is 13.4. The summed E-state index contributed by atoms with van der Waals surface area (Å²) in [6.07, 6.45) is 4.98. The third-order valence-electron chi connectivity index (χ3n) is 3.82. The highest BCUT2D eigenvalue weighted by atomic mass is 16.5. The Labute approximate surface area is 137 Å². The van der Waals surface area contributed by atoms with Crippen LogP contribution in [0.15, 0.2) is 30.5 Å². The Morgan fingerprint density at radius 2 is 2.17 bits per heavy atom. The first-order valence-electron chi connectivity index (χ1n) is 8.58. The maximum atomic E-state index is 12.1. The van der Waals surface area contributed by atoms with E-state index in [9.17, 15) is 9.59 Å². The van der Waals surface area contributed by atoms with Gasteiger partial charge in [0.2, 0.25) is 5.91 Å². The van der Waals surface area contributed by atoms with E-state index in [-0.39, 0.29) is 5.91 Å². The number of para-hydroxylation sites is 1. The van der Waals surface area contributed by atoms with Gasteiger partial charge in [0.1, 0.15) is 6.04 Å².